The van der Waals surface area contributed by atoms with Crippen LogP contribution in [-0.2, 0) is 12.8 Å². The maximum Gasteiger partial charge on any atom is 0.0706 e. The van der Waals surface area contributed by atoms with Crippen LogP contribution in [0.25, 0.3) is 23.3 Å². The predicted molar refractivity (Wildman–Crippen MR) is 237 cm³/mol. The Hall–Kier alpha value is -4.94. The highest BCUT2D eigenvalue weighted by Crippen LogP contribution is 2.38. The van der Waals surface area contributed by atoms with Crippen LogP contribution in [-0.4, -0.2) is 18.6 Å². The molecule has 0 radical (unpaired) electrons. The SMILES string of the molecule is C/C=C(\C=C/CN(C1=CC[C@H](c2cc3c(s2)C=CCC3)C=C1)c1ccc(/C(C)=C/N(c2ccccc2)C2C=CC=CC2N)cc1)c1cc2c(s1)C=CCC2. The number of hydrogen-bond donors (Lipinski definition) is 1. The highest BCUT2D eigenvalue weighted by Gasteiger charge is 2.23. The van der Waals surface area contributed by atoms with Gasteiger partial charge in [0.2, 0.25) is 0 Å². The fourth-order valence-electron chi connectivity index (χ4n) is 7.76. The molecule has 0 saturated heterocycles. The molecular formula is C49H49N3S2. The minimum absolute atomic E-state index is 0.0389. The van der Waals surface area contributed by atoms with E-state index >= 15 is 0 Å². The zero-order valence-electron chi connectivity index (χ0n) is 31.3. The van der Waals surface area contributed by atoms with Crippen LogP contribution in [0.3, 0.4) is 0 Å². The maximum absolute atomic E-state index is 6.60. The number of rotatable bonds is 11. The minimum atomic E-state index is -0.0909. The van der Waals surface area contributed by atoms with Gasteiger partial charge in [0.15, 0.2) is 0 Å². The Morgan fingerprint density at radius 3 is 2.26 bits per heavy atom. The van der Waals surface area contributed by atoms with Gasteiger partial charge in [-0.2, -0.15) is 0 Å². The van der Waals surface area contributed by atoms with Crippen molar-refractivity contribution in [1.82, 2.24) is 0 Å². The molecule has 5 heteroatoms. The summed E-state index contributed by atoms with van der Waals surface area (Å²) in [4.78, 5) is 10.4. The normalized spacial score (nSPS) is 20.6. The van der Waals surface area contributed by atoms with E-state index in [1.807, 2.05) is 28.7 Å². The molecule has 4 aliphatic rings. The second-order valence-corrected chi connectivity index (χ2v) is 16.6. The number of hydrogen-bond acceptors (Lipinski definition) is 5. The lowest BCUT2D eigenvalue weighted by molar-refractivity contribution is 0.674. The van der Waals surface area contributed by atoms with Gasteiger partial charge in [-0.05, 0) is 128 Å². The lowest BCUT2D eigenvalue weighted by Gasteiger charge is -2.33. The third kappa shape index (κ3) is 7.95. The van der Waals surface area contributed by atoms with Gasteiger partial charge in [-0.25, -0.2) is 0 Å². The molecule has 0 spiro atoms. The van der Waals surface area contributed by atoms with E-state index in [1.165, 1.54) is 58.7 Å². The first-order valence-corrected chi connectivity index (χ1v) is 21.0. The number of allylic oxidation sites excluding steroid dienone is 11. The van der Waals surface area contributed by atoms with Gasteiger partial charge in [-0.3, -0.25) is 0 Å². The molecule has 2 N–H and O–H groups in total. The van der Waals surface area contributed by atoms with Crippen LogP contribution in [0.2, 0.25) is 0 Å². The van der Waals surface area contributed by atoms with Crippen molar-refractivity contribution >= 4 is 57.3 Å². The Morgan fingerprint density at radius 1 is 0.833 bits per heavy atom. The van der Waals surface area contributed by atoms with E-state index in [2.05, 4.69) is 176 Å². The predicted octanol–water partition coefficient (Wildman–Crippen LogP) is 12.5. The van der Waals surface area contributed by atoms with Crippen molar-refractivity contribution in [2.45, 2.75) is 64.0 Å². The highest BCUT2D eigenvalue weighted by molar-refractivity contribution is 7.14. The van der Waals surface area contributed by atoms with Gasteiger partial charge < -0.3 is 15.5 Å². The van der Waals surface area contributed by atoms with Crippen LogP contribution in [0.15, 0.2) is 152 Å². The summed E-state index contributed by atoms with van der Waals surface area (Å²) in [6.07, 6.45) is 39.6. The first-order valence-electron chi connectivity index (χ1n) is 19.3. The van der Waals surface area contributed by atoms with Crippen LogP contribution in [0.5, 0.6) is 0 Å². The average molecular weight is 744 g/mol. The smallest absolute Gasteiger partial charge is 0.0706 e. The van der Waals surface area contributed by atoms with Crippen LogP contribution >= 0.6 is 22.7 Å². The van der Waals surface area contributed by atoms with Crippen molar-refractivity contribution < 1.29 is 0 Å². The zero-order valence-corrected chi connectivity index (χ0v) is 32.9. The van der Waals surface area contributed by atoms with Crippen molar-refractivity contribution in [1.29, 1.82) is 0 Å². The second kappa shape index (κ2) is 16.6. The summed E-state index contributed by atoms with van der Waals surface area (Å²) in [5.41, 5.74) is 16.8. The van der Waals surface area contributed by atoms with Gasteiger partial charge in [-0.15, -0.1) is 22.7 Å². The molecule has 2 heterocycles. The Balaban J connectivity index is 1.06. The second-order valence-electron chi connectivity index (χ2n) is 14.4. The van der Waals surface area contributed by atoms with Gasteiger partial charge in [0.1, 0.15) is 0 Å². The lowest BCUT2D eigenvalue weighted by Crippen LogP contribution is -2.44. The molecule has 2 unspecified atom stereocenters. The van der Waals surface area contributed by atoms with E-state index in [0.29, 0.717) is 5.92 Å². The molecule has 3 atom stereocenters. The van der Waals surface area contributed by atoms with Crippen molar-refractivity contribution in [2.24, 2.45) is 5.73 Å². The number of nitrogens with two attached hydrogens (primary N) is 1. The van der Waals surface area contributed by atoms with Gasteiger partial charge in [-0.1, -0.05) is 97.2 Å². The summed E-state index contributed by atoms with van der Waals surface area (Å²) in [7, 11) is 0. The third-order valence-electron chi connectivity index (χ3n) is 10.8. The summed E-state index contributed by atoms with van der Waals surface area (Å²) in [5.74, 6) is 0.425. The van der Waals surface area contributed by atoms with Crippen molar-refractivity contribution in [3.8, 4) is 0 Å². The standard InChI is InChI=1S/C49H49N3S2/c1-3-36(48-32-39-14-7-11-21-46(39)53-48)16-13-31-51(43-29-25-38(26-30-43)49-33-40-15-8-12-22-47(40)54-49)42-27-23-37(24-28-42)35(2)34-52(41-17-5-4-6-18-41)45-20-10-9-19-44(45)50/h3-6,9-13,16-25,27-30,32-34,38,44-45H,7-8,14-15,26,31,50H2,1-2H3/b16-13-,35-34+,36-3+/t38-,44?,45?/m1/s1. The number of para-hydroxylation sites is 1. The molecule has 4 aromatic rings. The largest absolute Gasteiger partial charge is 0.339 e. The number of benzene rings is 2. The summed E-state index contributed by atoms with van der Waals surface area (Å²) >= 11 is 3.87. The fourth-order valence-corrected chi connectivity index (χ4v) is 10.2. The summed E-state index contributed by atoms with van der Waals surface area (Å²) in [6, 6.07) is 24.4. The van der Waals surface area contributed by atoms with Crippen LogP contribution in [0, 0.1) is 0 Å². The molecule has 3 nitrogen and oxygen atoms in total. The van der Waals surface area contributed by atoms with E-state index in [-0.39, 0.29) is 12.1 Å². The lowest BCUT2D eigenvalue weighted by atomic mass is 9.95. The molecule has 0 saturated carbocycles. The van der Waals surface area contributed by atoms with Gasteiger partial charge in [0, 0.05) is 61.3 Å². The van der Waals surface area contributed by atoms with Crippen LogP contribution < -0.4 is 15.5 Å². The fraction of sp³-hybridized carbons (Fsp3) is 0.224. The molecule has 0 bridgehead atoms. The van der Waals surface area contributed by atoms with Crippen LogP contribution in [0.4, 0.5) is 11.4 Å². The Morgan fingerprint density at radius 2 is 1.57 bits per heavy atom. The first-order chi connectivity index (χ1) is 26.5. The molecule has 0 fully saturated rings. The van der Waals surface area contributed by atoms with E-state index in [9.17, 15) is 0 Å². The number of anilines is 2. The van der Waals surface area contributed by atoms with E-state index in [4.69, 9.17) is 5.73 Å². The topological polar surface area (TPSA) is 32.5 Å². The summed E-state index contributed by atoms with van der Waals surface area (Å²) in [5, 5.41) is 0. The molecule has 2 aromatic heterocycles. The van der Waals surface area contributed by atoms with Gasteiger partial charge in [0.05, 0.1) is 6.04 Å². The minimum Gasteiger partial charge on any atom is -0.339 e. The molecular weight excluding hydrogens is 695 g/mol. The zero-order chi connectivity index (χ0) is 36.9. The van der Waals surface area contributed by atoms with E-state index in [1.54, 1.807) is 0 Å². The molecule has 0 aliphatic heterocycles. The summed E-state index contributed by atoms with van der Waals surface area (Å²) in [6.45, 7) is 5.12. The van der Waals surface area contributed by atoms with E-state index in [0.717, 1.165) is 44.3 Å². The number of thiophene rings is 2. The number of fused-ring (bicyclic) bond motifs is 2. The molecule has 4 aliphatic carbocycles. The monoisotopic (exact) mass is 743 g/mol. The molecule has 0 amide bonds. The maximum atomic E-state index is 6.60. The van der Waals surface area contributed by atoms with Crippen molar-refractivity contribution in [3.05, 3.63) is 188 Å². The first kappa shape index (κ1) is 36.1. The number of nitrogens with zero attached hydrogens (tertiary/aromatic N) is 2. The molecule has 2 aromatic carbocycles. The average Bonchev–Trinajstić information content (AvgIpc) is 3.86. The van der Waals surface area contributed by atoms with Crippen molar-refractivity contribution in [3.63, 3.8) is 0 Å². The quantitative estimate of drug-likeness (QED) is 0.155. The Bertz CT molecular complexity index is 2230. The van der Waals surface area contributed by atoms with Crippen LogP contribution in [0.1, 0.15) is 75.2 Å². The molecule has 8 rings (SSSR count). The highest BCUT2D eigenvalue weighted by atomic mass is 32.1. The van der Waals surface area contributed by atoms with Gasteiger partial charge >= 0.3 is 0 Å². The Kier molecular flexibility index (Phi) is 11.1. The number of aryl methyl sites for hydroxylation is 2. The van der Waals surface area contributed by atoms with Crippen molar-refractivity contribution in [2.75, 3.05) is 16.3 Å². The van der Waals surface area contributed by atoms with E-state index < -0.39 is 0 Å². The summed E-state index contributed by atoms with van der Waals surface area (Å²) < 4.78 is 0. The third-order valence-corrected chi connectivity index (χ3v) is 13.3. The van der Waals surface area contributed by atoms with Gasteiger partial charge in [0.25, 0.3) is 0 Å². The Labute approximate surface area is 329 Å². The molecule has 54 heavy (non-hydrogen) atoms. The molecule has 272 valence electrons.